The van der Waals surface area contributed by atoms with Crippen LogP contribution in [0.1, 0.15) is 27.2 Å². The average molecular weight is 227 g/mol. The van der Waals surface area contributed by atoms with Crippen LogP contribution in [-0.2, 0) is 0 Å². The van der Waals surface area contributed by atoms with Gasteiger partial charge in [-0.25, -0.2) is 0 Å². The zero-order valence-corrected chi connectivity index (χ0v) is 11.7. The van der Waals surface area contributed by atoms with E-state index in [1.54, 1.807) is 0 Å². The molecule has 0 spiro atoms. The Hall–Kier alpha value is -0.120. The highest BCUT2D eigenvalue weighted by molar-refractivity contribution is 4.76. The monoisotopic (exact) mass is 227 g/mol. The van der Waals surface area contributed by atoms with Crippen LogP contribution in [0, 0.1) is 5.92 Å². The maximum Gasteiger partial charge on any atom is 0.0104 e. The van der Waals surface area contributed by atoms with Crippen molar-refractivity contribution in [2.45, 2.75) is 32.7 Å². The van der Waals surface area contributed by atoms with Crippen molar-refractivity contribution in [3.8, 4) is 0 Å². The zero-order valence-electron chi connectivity index (χ0n) is 11.7. The third kappa shape index (κ3) is 5.83. The lowest BCUT2D eigenvalue weighted by atomic mass is 10.1. The number of nitrogens with one attached hydrogen (secondary N) is 1. The van der Waals surface area contributed by atoms with Gasteiger partial charge in [0.05, 0.1) is 0 Å². The summed E-state index contributed by atoms with van der Waals surface area (Å²) in [7, 11) is 4.46. The van der Waals surface area contributed by atoms with Crippen molar-refractivity contribution in [1.29, 1.82) is 0 Å². The van der Waals surface area contributed by atoms with Crippen LogP contribution in [0.15, 0.2) is 0 Å². The van der Waals surface area contributed by atoms with Gasteiger partial charge >= 0.3 is 0 Å². The molecule has 1 rings (SSSR count). The summed E-state index contributed by atoms with van der Waals surface area (Å²) in [4.78, 5) is 4.90. The van der Waals surface area contributed by atoms with Crippen LogP contribution < -0.4 is 5.32 Å². The summed E-state index contributed by atoms with van der Waals surface area (Å²) in [6.45, 7) is 12.7. The first kappa shape index (κ1) is 13.9. The van der Waals surface area contributed by atoms with Gasteiger partial charge in [-0.1, -0.05) is 0 Å². The van der Waals surface area contributed by atoms with E-state index in [0.717, 1.165) is 19.0 Å². The number of rotatable bonds is 5. The van der Waals surface area contributed by atoms with E-state index >= 15 is 0 Å². The van der Waals surface area contributed by atoms with Gasteiger partial charge in [-0.2, -0.15) is 0 Å². The molecule has 3 heteroatoms. The molecule has 0 aromatic rings. The minimum atomic E-state index is 0.244. The SMILES string of the molecule is CN(CCNC(C)(C)C)CC1CCN(C)C1. The number of likely N-dealkylation sites (N-methyl/N-ethyl adjacent to an activating group) is 1. The molecule has 3 nitrogen and oxygen atoms in total. The molecule has 1 heterocycles. The Kier molecular flexibility index (Phi) is 5.22. The van der Waals surface area contributed by atoms with Crippen molar-refractivity contribution < 1.29 is 0 Å². The fourth-order valence-electron chi connectivity index (χ4n) is 2.33. The maximum absolute atomic E-state index is 3.53. The molecule has 0 aliphatic carbocycles. The minimum Gasteiger partial charge on any atom is -0.311 e. The van der Waals surface area contributed by atoms with E-state index in [1.807, 2.05) is 0 Å². The number of hydrogen-bond acceptors (Lipinski definition) is 3. The maximum atomic E-state index is 3.53. The molecule has 16 heavy (non-hydrogen) atoms. The lowest BCUT2D eigenvalue weighted by molar-refractivity contribution is 0.263. The van der Waals surface area contributed by atoms with Gasteiger partial charge < -0.3 is 15.1 Å². The summed E-state index contributed by atoms with van der Waals surface area (Å²) in [5, 5.41) is 3.53. The largest absolute Gasteiger partial charge is 0.311 e. The van der Waals surface area contributed by atoms with Crippen molar-refractivity contribution in [1.82, 2.24) is 15.1 Å². The normalized spacial score (nSPS) is 23.2. The minimum absolute atomic E-state index is 0.244. The summed E-state index contributed by atoms with van der Waals surface area (Å²) in [6, 6.07) is 0. The van der Waals surface area contributed by atoms with Crippen molar-refractivity contribution >= 4 is 0 Å². The Morgan fingerprint density at radius 3 is 2.56 bits per heavy atom. The van der Waals surface area contributed by atoms with Crippen molar-refractivity contribution in [3.05, 3.63) is 0 Å². The second-order valence-corrected chi connectivity index (χ2v) is 6.36. The Morgan fingerprint density at radius 1 is 1.38 bits per heavy atom. The van der Waals surface area contributed by atoms with Gasteiger partial charge in [0.2, 0.25) is 0 Å². The standard InChI is InChI=1S/C13H29N3/c1-13(2,3)14-7-9-16(5)11-12-6-8-15(4)10-12/h12,14H,6-11H2,1-5H3. The van der Waals surface area contributed by atoms with Gasteiger partial charge in [-0.15, -0.1) is 0 Å². The fraction of sp³-hybridized carbons (Fsp3) is 1.00. The molecule has 0 amide bonds. The van der Waals surface area contributed by atoms with Crippen molar-refractivity contribution in [2.75, 3.05) is 46.8 Å². The molecule has 1 saturated heterocycles. The summed E-state index contributed by atoms with van der Waals surface area (Å²) >= 11 is 0. The van der Waals surface area contributed by atoms with E-state index in [-0.39, 0.29) is 5.54 Å². The summed E-state index contributed by atoms with van der Waals surface area (Å²) in [5.41, 5.74) is 0.244. The van der Waals surface area contributed by atoms with Crippen LogP contribution in [0.25, 0.3) is 0 Å². The van der Waals surface area contributed by atoms with Gasteiger partial charge in [0.15, 0.2) is 0 Å². The predicted octanol–water partition coefficient (Wildman–Crippen LogP) is 1.26. The lowest BCUT2D eigenvalue weighted by Gasteiger charge is -2.25. The Labute approximate surface area is 101 Å². The molecule has 0 bridgehead atoms. The molecule has 1 atom stereocenters. The van der Waals surface area contributed by atoms with Crippen LogP contribution >= 0.6 is 0 Å². The van der Waals surface area contributed by atoms with E-state index in [4.69, 9.17) is 0 Å². The topological polar surface area (TPSA) is 18.5 Å². The first-order valence-electron chi connectivity index (χ1n) is 6.49. The second kappa shape index (κ2) is 5.99. The van der Waals surface area contributed by atoms with Gasteiger partial charge in [-0.05, 0) is 53.8 Å². The van der Waals surface area contributed by atoms with Gasteiger partial charge in [0.25, 0.3) is 0 Å². The van der Waals surface area contributed by atoms with E-state index in [9.17, 15) is 0 Å². The summed E-state index contributed by atoms with van der Waals surface area (Å²) in [6.07, 6.45) is 1.37. The molecule has 1 unspecified atom stereocenters. The first-order valence-corrected chi connectivity index (χ1v) is 6.49. The van der Waals surface area contributed by atoms with Crippen LogP contribution in [0.3, 0.4) is 0 Å². The molecule has 96 valence electrons. The van der Waals surface area contributed by atoms with Crippen LogP contribution in [-0.4, -0.2) is 62.2 Å². The van der Waals surface area contributed by atoms with Gasteiger partial charge in [-0.3, -0.25) is 0 Å². The molecule has 0 radical (unpaired) electrons. The van der Waals surface area contributed by atoms with E-state index in [0.29, 0.717) is 0 Å². The van der Waals surface area contributed by atoms with Crippen LogP contribution in [0.5, 0.6) is 0 Å². The highest BCUT2D eigenvalue weighted by Crippen LogP contribution is 2.14. The Balaban J connectivity index is 2.09. The predicted molar refractivity (Wildman–Crippen MR) is 70.9 cm³/mol. The second-order valence-electron chi connectivity index (χ2n) is 6.36. The molecular weight excluding hydrogens is 198 g/mol. The van der Waals surface area contributed by atoms with Crippen LogP contribution in [0.2, 0.25) is 0 Å². The zero-order chi connectivity index (χ0) is 12.2. The molecule has 1 aliphatic rings. The molecule has 0 aromatic heterocycles. The molecular formula is C13H29N3. The summed E-state index contributed by atoms with van der Waals surface area (Å²) in [5.74, 6) is 0.879. The molecule has 1 fully saturated rings. The fourth-order valence-corrected chi connectivity index (χ4v) is 2.33. The smallest absolute Gasteiger partial charge is 0.0104 e. The van der Waals surface area contributed by atoms with Crippen molar-refractivity contribution in [2.24, 2.45) is 5.92 Å². The number of hydrogen-bond donors (Lipinski definition) is 1. The van der Waals surface area contributed by atoms with Gasteiger partial charge in [0, 0.05) is 31.7 Å². The lowest BCUT2D eigenvalue weighted by Crippen LogP contribution is -2.41. The van der Waals surface area contributed by atoms with Gasteiger partial charge in [0.1, 0.15) is 0 Å². The van der Waals surface area contributed by atoms with E-state index in [2.05, 4.69) is 50.0 Å². The highest BCUT2D eigenvalue weighted by atomic mass is 15.2. The molecule has 0 saturated carbocycles. The average Bonchev–Trinajstić information content (AvgIpc) is 2.48. The third-order valence-corrected chi connectivity index (χ3v) is 3.21. The quantitative estimate of drug-likeness (QED) is 0.763. The highest BCUT2D eigenvalue weighted by Gasteiger charge is 2.20. The number of likely N-dealkylation sites (tertiary alicyclic amines) is 1. The van der Waals surface area contributed by atoms with E-state index in [1.165, 1.54) is 26.1 Å². The van der Waals surface area contributed by atoms with E-state index < -0.39 is 0 Å². The van der Waals surface area contributed by atoms with Crippen molar-refractivity contribution in [3.63, 3.8) is 0 Å². The first-order chi connectivity index (χ1) is 7.37. The Bertz CT molecular complexity index is 198. The molecule has 1 N–H and O–H groups in total. The summed E-state index contributed by atoms with van der Waals surface area (Å²) < 4.78 is 0. The van der Waals surface area contributed by atoms with Crippen LogP contribution in [0.4, 0.5) is 0 Å². The third-order valence-electron chi connectivity index (χ3n) is 3.21. The molecule has 0 aromatic carbocycles. The Morgan fingerprint density at radius 2 is 2.06 bits per heavy atom. The number of nitrogens with zero attached hydrogens (tertiary/aromatic N) is 2. The molecule has 1 aliphatic heterocycles.